The molecular weight excluding hydrogens is 676 g/mol. The van der Waals surface area contributed by atoms with Gasteiger partial charge in [-0.2, -0.15) is 0 Å². The molecule has 4 rings (SSSR count). The van der Waals surface area contributed by atoms with Crippen molar-refractivity contribution in [2.24, 2.45) is 17.4 Å². The number of nitrogens with one attached hydrogen (secondary N) is 2. The fourth-order valence-corrected chi connectivity index (χ4v) is 6.34. The van der Waals surface area contributed by atoms with Gasteiger partial charge >= 0.3 is 6.16 Å². The number of Topliss-reactive ketones (excluding diaryl/α,β-unsaturated/α-hetero) is 1. The van der Waals surface area contributed by atoms with E-state index in [0.29, 0.717) is 43.4 Å². The molecule has 4 amide bonds. The molecule has 1 saturated carbocycles. The van der Waals surface area contributed by atoms with E-state index < -0.39 is 34.3 Å². The lowest BCUT2D eigenvalue weighted by atomic mass is 9.79. The Hall–Kier alpha value is -5.64. The highest BCUT2D eigenvalue weighted by atomic mass is 16.7. The summed E-state index contributed by atoms with van der Waals surface area (Å²) in [6.07, 6.45) is 6.52. The Balaban J connectivity index is 1.39. The Morgan fingerprint density at radius 3 is 2.19 bits per heavy atom. The van der Waals surface area contributed by atoms with Crippen molar-refractivity contribution in [3.63, 3.8) is 0 Å². The molecule has 0 aromatic heterocycles. The van der Waals surface area contributed by atoms with Gasteiger partial charge in [-0.1, -0.05) is 31.4 Å². The highest BCUT2D eigenvalue weighted by molar-refractivity contribution is 6.15. The molecule has 16 heteroatoms. The van der Waals surface area contributed by atoms with Crippen molar-refractivity contribution >= 4 is 46.9 Å². The molecule has 1 heterocycles. The van der Waals surface area contributed by atoms with Gasteiger partial charge in [0.25, 0.3) is 23.4 Å². The van der Waals surface area contributed by atoms with Gasteiger partial charge in [0.1, 0.15) is 12.4 Å². The van der Waals surface area contributed by atoms with Crippen molar-refractivity contribution in [2.75, 3.05) is 18.4 Å². The van der Waals surface area contributed by atoms with Crippen molar-refractivity contribution in [1.82, 2.24) is 10.2 Å². The topological polar surface area (TPSA) is 243 Å². The molecule has 6 N–H and O–H groups in total. The first-order chi connectivity index (χ1) is 24.9. The molecule has 2 aliphatic rings. The van der Waals surface area contributed by atoms with Gasteiger partial charge in [-0.25, -0.2) is 4.79 Å². The SMILES string of the molecule is NCCC[C@](Nc1ccc(COC(=O)Oc2ccc([N+](=O)[O-])cc2)cc1)(C(N)=O)C(=O)[C@@H](NC(=O)CCCCCN1C(=O)C=CC1=O)C1CCCC1. The van der Waals surface area contributed by atoms with E-state index in [-0.39, 0.29) is 74.0 Å². The molecule has 1 aliphatic carbocycles. The van der Waals surface area contributed by atoms with Gasteiger partial charge in [0.05, 0.1) is 11.0 Å². The number of amides is 4. The number of carbonyl (C=O) groups excluding carboxylic acids is 6. The van der Waals surface area contributed by atoms with Crippen molar-refractivity contribution < 1.29 is 43.2 Å². The summed E-state index contributed by atoms with van der Waals surface area (Å²) in [7, 11) is 0. The quantitative estimate of drug-likeness (QED) is 0.0293. The summed E-state index contributed by atoms with van der Waals surface area (Å²) < 4.78 is 10.2. The lowest BCUT2D eigenvalue weighted by Gasteiger charge is -2.36. The Bertz CT molecular complexity index is 1640. The minimum atomic E-state index is -1.89. The van der Waals surface area contributed by atoms with Crippen molar-refractivity contribution in [1.29, 1.82) is 0 Å². The van der Waals surface area contributed by atoms with Crippen LogP contribution in [0.4, 0.5) is 16.2 Å². The number of nitro groups is 1. The molecule has 0 saturated heterocycles. The zero-order valence-corrected chi connectivity index (χ0v) is 28.8. The molecule has 0 radical (unpaired) electrons. The summed E-state index contributed by atoms with van der Waals surface area (Å²) in [4.78, 5) is 88.0. The minimum absolute atomic E-state index is 0.0150. The molecule has 278 valence electrons. The second-order valence-electron chi connectivity index (χ2n) is 12.8. The first-order valence-electron chi connectivity index (χ1n) is 17.3. The third-order valence-electron chi connectivity index (χ3n) is 9.17. The van der Waals surface area contributed by atoms with Crippen LogP contribution in [0.2, 0.25) is 0 Å². The largest absolute Gasteiger partial charge is 0.514 e. The van der Waals surface area contributed by atoms with Gasteiger partial charge in [0, 0.05) is 42.9 Å². The number of ketones is 1. The average molecular weight is 721 g/mol. The summed E-state index contributed by atoms with van der Waals surface area (Å²) in [6, 6.07) is 10.4. The van der Waals surface area contributed by atoms with Crippen LogP contribution < -0.4 is 26.8 Å². The highest BCUT2D eigenvalue weighted by Crippen LogP contribution is 2.33. The average Bonchev–Trinajstić information content (AvgIpc) is 3.78. The molecule has 0 bridgehead atoms. The number of nitro benzene ring substituents is 1. The zero-order chi connectivity index (χ0) is 37.7. The second-order valence-corrected chi connectivity index (χ2v) is 12.8. The van der Waals surface area contributed by atoms with Gasteiger partial charge in [-0.3, -0.25) is 39.0 Å². The first kappa shape index (κ1) is 39.2. The van der Waals surface area contributed by atoms with E-state index in [4.69, 9.17) is 20.9 Å². The van der Waals surface area contributed by atoms with Gasteiger partial charge in [0.15, 0.2) is 11.3 Å². The van der Waals surface area contributed by atoms with Crippen LogP contribution in [-0.4, -0.2) is 70.1 Å². The molecule has 0 unspecified atom stereocenters. The Kier molecular flexibility index (Phi) is 14.0. The van der Waals surface area contributed by atoms with E-state index in [1.165, 1.54) is 36.4 Å². The van der Waals surface area contributed by atoms with Crippen LogP contribution >= 0.6 is 0 Å². The molecule has 16 nitrogen and oxygen atoms in total. The number of nitrogens with zero attached hydrogens (tertiary/aromatic N) is 2. The summed E-state index contributed by atoms with van der Waals surface area (Å²) in [6.45, 7) is 0.260. The van der Waals surface area contributed by atoms with Crippen molar-refractivity contribution in [3.8, 4) is 5.75 Å². The number of carbonyl (C=O) groups is 6. The predicted octanol–water partition coefficient (Wildman–Crippen LogP) is 3.41. The van der Waals surface area contributed by atoms with E-state index >= 15 is 0 Å². The van der Waals surface area contributed by atoms with Crippen LogP contribution in [-0.2, 0) is 35.3 Å². The summed E-state index contributed by atoms with van der Waals surface area (Å²) in [5.41, 5.74) is 10.7. The number of hydrogen-bond acceptors (Lipinski definition) is 12. The number of imide groups is 1. The predicted molar refractivity (Wildman–Crippen MR) is 187 cm³/mol. The van der Waals surface area contributed by atoms with Crippen LogP contribution in [0.15, 0.2) is 60.7 Å². The Morgan fingerprint density at radius 1 is 0.942 bits per heavy atom. The summed E-state index contributed by atoms with van der Waals surface area (Å²) in [5, 5.41) is 16.8. The Labute approximate surface area is 300 Å². The van der Waals surface area contributed by atoms with Crippen molar-refractivity contribution in [3.05, 3.63) is 76.4 Å². The molecule has 1 aliphatic heterocycles. The number of primary amides is 1. The fraction of sp³-hybridized carbons (Fsp3) is 0.444. The summed E-state index contributed by atoms with van der Waals surface area (Å²) >= 11 is 0. The molecule has 2 aromatic carbocycles. The lowest BCUT2D eigenvalue weighted by molar-refractivity contribution is -0.384. The standard InChI is InChI=1S/C36H44N6O10/c37-21-6-20-36(34(38)47,40-26-12-10-24(11-13-26)23-51-35(48)52-28-16-14-27(15-17-28)42(49)50)33(46)32(25-7-3-4-8-25)39-29(43)9-2-1-5-22-41-30(44)18-19-31(41)45/h10-19,25,32,40H,1-9,20-23,37H2,(H2,38,47)(H,39,43)/t32-,36+/m0/s1. The maximum Gasteiger partial charge on any atom is 0.514 e. The monoisotopic (exact) mass is 720 g/mol. The number of anilines is 1. The third-order valence-corrected chi connectivity index (χ3v) is 9.17. The van der Waals surface area contributed by atoms with Gasteiger partial charge in [-0.15, -0.1) is 0 Å². The number of benzene rings is 2. The zero-order valence-electron chi connectivity index (χ0n) is 28.8. The normalized spacial score (nSPS) is 15.9. The van der Waals surface area contributed by atoms with E-state index in [9.17, 15) is 38.9 Å². The van der Waals surface area contributed by atoms with E-state index in [1.807, 2.05) is 0 Å². The number of non-ortho nitro benzene ring substituents is 1. The van der Waals surface area contributed by atoms with Crippen LogP contribution in [0.3, 0.4) is 0 Å². The first-order valence-corrected chi connectivity index (χ1v) is 17.3. The molecule has 2 aromatic rings. The van der Waals surface area contributed by atoms with Crippen LogP contribution in [0, 0.1) is 16.0 Å². The van der Waals surface area contributed by atoms with Gasteiger partial charge in [0.2, 0.25) is 5.91 Å². The van der Waals surface area contributed by atoms with Gasteiger partial charge < -0.3 is 31.6 Å². The van der Waals surface area contributed by atoms with E-state index in [1.54, 1.807) is 24.3 Å². The highest BCUT2D eigenvalue weighted by Gasteiger charge is 2.49. The van der Waals surface area contributed by atoms with Crippen LogP contribution in [0.25, 0.3) is 0 Å². The summed E-state index contributed by atoms with van der Waals surface area (Å²) in [5.74, 6) is -2.65. The van der Waals surface area contributed by atoms with Crippen LogP contribution in [0.1, 0.15) is 69.8 Å². The Morgan fingerprint density at radius 2 is 1.60 bits per heavy atom. The maximum atomic E-state index is 14.5. The van der Waals surface area contributed by atoms with E-state index in [2.05, 4.69) is 10.6 Å². The lowest BCUT2D eigenvalue weighted by Crippen LogP contribution is -2.64. The molecule has 2 atom stereocenters. The number of unbranched alkanes of at least 4 members (excludes halogenated alkanes) is 2. The minimum Gasteiger partial charge on any atom is -0.429 e. The molecule has 0 spiro atoms. The molecular formula is C36H44N6O10. The van der Waals surface area contributed by atoms with Crippen molar-refractivity contribution in [2.45, 2.75) is 82.4 Å². The number of ether oxygens (including phenoxy) is 2. The maximum absolute atomic E-state index is 14.5. The van der Waals surface area contributed by atoms with Crippen LogP contribution in [0.5, 0.6) is 5.75 Å². The molecule has 52 heavy (non-hydrogen) atoms. The number of nitrogens with two attached hydrogens (primary N) is 2. The fourth-order valence-electron chi connectivity index (χ4n) is 6.34. The number of hydrogen-bond donors (Lipinski definition) is 4. The molecule has 1 fully saturated rings. The smallest absolute Gasteiger partial charge is 0.429 e. The third kappa shape index (κ3) is 10.4. The number of rotatable bonds is 20. The van der Waals surface area contributed by atoms with Gasteiger partial charge in [-0.05, 0) is 80.8 Å². The van der Waals surface area contributed by atoms with E-state index in [0.717, 1.165) is 17.7 Å². The second kappa shape index (κ2) is 18.6.